The average molecular weight is 116 g/mol. The predicted molar refractivity (Wildman–Crippen MR) is 35.8 cm³/mol. The smallest absolute Gasteiger partial charge is 0.0537 e. The van der Waals surface area contributed by atoms with E-state index >= 15 is 0 Å². The number of aliphatic hydroxyl groups excluding tert-OH is 1. The van der Waals surface area contributed by atoms with Crippen LogP contribution in [0.25, 0.3) is 0 Å². The van der Waals surface area contributed by atoms with Gasteiger partial charge in [0.2, 0.25) is 0 Å². The molecule has 0 saturated carbocycles. The zero-order valence-electron chi connectivity index (χ0n) is 5.85. The molecule has 1 atom stereocenters. The number of hydrogen-bond acceptors (Lipinski definition) is 1. The molecule has 0 amide bonds. The molecule has 0 bridgehead atoms. The predicted octanol–water partition coefficient (Wildman–Crippen LogP) is 1.95. The Bertz CT molecular complexity index is 43.7. The van der Waals surface area contributed by atoms with Gasteiger partial charge in [-0.2, -0.15) is 0 Å². The summed E-state index contributed by atoms with van der Waals surface area (Å²) in [6.45, 7) is 4.16. The summed E-state index contributed by atoms with van der Waals surface area (Å²) in [5, 5.41) is 8.99. The molecule has 1 N–H and O–H groups in total. The summed E-state index contributed by atoms with van der Waals surface area (Å²) >= 11 is 0. The Labute approximate surface area is 51.7 Å². The van der Waals surface area contributed by atoms with Crippen molar-refractivity contribution in [2.24, 2.45) is 0 Å². The Balaban J connectivity index is 2.86. The normalized spacial score (nSPS) is 13.9. The maximum absolute atomic E-state index is 8.99. The fourth-order valence-electron chi connectivity index (χ4n) is 0.644. The van der Waals surface area contributed by atoms with Crippen LogP contribution >= 0.6 is 0 Å². The minimum Gasteiger partial charge on any atom is -0.393 e. The van der Waals surface area contributed by atoms with Crippen LogP contribution in [-0.2, 0) is 0 Å². The lowest BCUT2D eigenvalue weighted by Crippen LogP contribution is -2.02. The molecular formula is C7H16O. The minimum atomic E-state index is -0.0463. The van der Waals surface area contributed by atoms with Crippen LogP contribution in [0.1, 0.15) is 39.5 Å². The molecule has 0 unspecified atom stereocenters. The molecule has 0 saturated heterocycles. The molecule has 0 fully saturated rings. The van der Waals surface area contributed by atoms with Crippen LogP contribution in [0.2, 0.25) is 0 Å². The van der Waals surface area contributed by atoms with Crippen LogP contribution in [0, 0.1) is 0 Å². The zero-order valence-corrected chi connectivity index (χ0v) is 5.85. The lowest BCUT2D eigenvalue weighted by atomic mass is 10.1. The van der Waals surface area contributed by atoms with Crippen molar-refractivity contribution in [2.45, 2.75) is 45.6 Å². The second-order valence-corrected chi connectivity index (χ2v) is 2.20. The van der Waals surface area contributed by atoms with Crippen molar-refractivity contribution in [1.29, 1.82) is 0 Å². The van der Waals surface area contributed by atoms with Crippen molar-refractivity contribution in [1.82, 2.24) is 0 Å². The maximum Gasteiger partial charge on any atom is 0.0537 e. The Kier molecular flexibility index (Phi) is 5.08. The topological polar surface area (TPSA) is 20.2 Å². The lowest BCUT2D eigenvalue weighted by Gasteiger charge is -2.03. The standard InChI is InChI=1S/C7H16O/c1-3-5-6-7(8)4-2/h7-8H,3-6H2,1-2H3/t7-/m1/s1. The summed E-state index contributed by atoms with van der Waals surface area (Å²) in [4.78, 5) is 0. The number of aliphatic hydroxyl groups is 1. The van der Waals surface area contributed by atoms with Crippen LogP contribution in [-0.4, -0.2) is 11.2 Å². The van der Waals surface area contributed by atoms with Gasteiger partial charge in [-0.25, -0.2) is 0 Å². The Morgan fingerprint density at radius 2 is 2.00 bits per heavy atom. The fraction of sp³-hybridized carbons (Fsp3) is 1.00. The third-order valence-electron chi connectivity index (χ3n) is 1.36. The van der Waals surface area contributed by atoms with Gasteiger partial charge in [0.25, 0.3) is 0 Å². The van der Waals surface area contributed by atoms with Gasteiger partial charge in [-0.05, 0) is 12.8 Å². The largest absolute Gasteiger partial charge is 0.393 e. The highest BCUT2D eigenvalue weighted by atomic mass is 16.3. The molecule has 50 valence electrons. The molecule has 8 heavy (non-hydrogen) atoms. The molecule has 1 heteroatoms. The van der Waals surface area contributed by atoms with Crippen LogP contribution in [0.4, 0.5) is 0 Å². The quantitative estimate of drug-likeness (QED) is 0.595. The second kappa shape index (κ2) is 5.10. The second-order valence-electron chi connectivity index (χ2n) is 2.20. The first-order valence-electron chi connectivity index (χ1n) is 3.49. The van der Waals surface area contributed by atoms with E-state index in [1.807, 2.05) is 6.92 Å². The van der Waals surface area contributed by atoms with E-state index in [1.54, 1.807) is 0 Å². The van der Waals surface area contributed by atoms with Crippen molar-refractivity contribution in [3.05, 3.63) is 0 Å². The van der Waals surface area contributed by atoms with Crippen molar-refractivity contribution in [3.63, 3.8) is 0 Å². The highest BCUT2D eigenvalue weighted by Crippen LogP contribution is 2.02. The van der Waals surface area contributed by atoms with Crippen molar-refractivity contribution < 1.29 is 5.11 Å². The summed E-state index contributed by atoms with van der Waals surface area (Å²) in [6.07, 6.45) is 4.19. The number of unbranched alkanes of at least 4 members (excludes halogenated alkanes) is 1. The Morgan fingerprint density at radius 3 is 2.38 bits per heavy atom. The van der Waals surface area contributed by atoms with E-state index in [4.69, 9.17) is 5.11 Å². The highest BCUT2D eigenvalue weighted by molar-refractivity contribution is 4.49. The van der Waals surface area contributed by atoms with Gasteiger partial charge < -0.3 is 5.11 Å². The average Bonchev–Trinajstić information content (AvgIpc) is 1.83. The van der Waals surface area contributed by atoms with E-state index < -0.39 is 0 Å². The summed E-state index contributed by atoms with van der Waals surface area (Å²) in [7, 11) is 0. The molecule has 0 aromatic rings. The zero-order chi connectivity index (χ0) is 6.41. The number of rotatable bonds is 4. The molecule has 0 aromatic carbocycles. The van der Waals surface area contributed by atoms with Gasteiger partial charge in [0, 0.05) is 0 Å². The maximum atomic E-state index is 8.99. The van der Waals surface area contributed by atoms with Crippen molar-refractivity contribution in [2.75, 3.05) is 0 Å². The van der Waals surface area contributed by atoms with E-state index in [9.17, 15) is 0 Å². The first-order chi connectivity index (χ1) is 3.81. The minimum absolute atomic E-state index is 0.0463. The van der Waals surface area contributed by atoms with Gasteiger partial charge >= 0.3 is 0 Å². The monoisotopic (exact) mass is 116 g/mol. The molecule has 0 aromatic heterocycles. The first kappa shape index (κ1) is 7.96. The molecular weight excluding hydrogens is 100 g/mol. The molecule has 0 aliphatic rings. The molecule has 0 rings (SSSR count). The third-order valence-corrected chi connectivity index (χ3v) is 1.36. The number of hydrogen-bond donors (Lipinski definition) is 1. The lowest BCUT2D eigenvalue weighted by molar-refractivity contribution is 0.157. The Hall–Kier alpha value is -0.0400. The van der Waals surface area contributed by atoms with Gasteiger partial charge in [0.1, 0.15) is 0 Å². The molecule has 0 aliphatic heterocycles. The van der Waals surface area contributed by atoms with Gasteiger partial charge in [-0.15, -0.1) is 0 Å². The van der Waals surface area contributed by atoms with Crippen LogP contribution in [0.3, 0.4) is 0 Å². The third kappa shape index (κ3) is 4.13. The van der Waals surface area contributed by atoms with E-state index in [0.29, 0.717) is 0 Å². The molecule has 0 spiro atoms. The van der Waals surface area contributed by atoms with E-state index in [1.165, 1.54) is 6.42 Å². The van der Waals surface area contributed by atoms with E-state index in [2.05, 4.69) is 6.92 Å². The summed E-state index contributed by atoms with van der Waals surface area (Å²) in [5.74, 6) is 0. The van der Waals surface area contributed by atoms with Gasteiger partial charge in [-0.1, -0.05) is 26.7 Å². The Morgan fingerprint density at radius 1 is 1.38 bits per heavy atom. The molecule has 0 aliphatic carbocycles. The van der Waals surface area contributed by atoms with Gasteiger partial charge in [-0.3, -0.25) is 0 Å². The highest BCUT2D eigenvalue weighted by Gasteiger charge is 1.96. The molecule has 0 heterocycles. The fourth-order valence-corrected chi connectivity index (χ4v) is 0.644. The van der Waals surface area contributed by atoms with E-state index in [-0.39, 0.29) is 6.10 Å². The van der Waals surface area contributed by atoms with Gasteiger partial charge in [0.05, 0.1) is 6.10 Å². The first-order valence-corrected chi connectivity index (χ1v) is 3.49. The van der Waals surface area contributed by atoms with E-state index in [0.717, 1.165) is 19.3 Å². The molecule has 1 nitrogen and oxygen atoms in total. The SMILES string of the molecule is CCCC[C@H](O)CC. The van der Waals surface area contributed by atoms with Gasteiger partial charge in [0.15, 0.2) is 0 Å². The summed E-state index contributed by atoms with van der Waals surface area (Å²) in [5.41, 5.74) is 0. The summed E-state index contributed by atoms with van der Waals surface area (Å²) in [6, 6.07) is 0. The molecule has 0 radical (unpaired) electrons. The summed E-state index contributed by atoms with van der Waals surface area (Å²) < 4.78 is 0. The van der Waals surface area contributed by atoms with Crippen LogP contribution in [0.5, 0.6) is 0 Å². The van der Waals surface area contributed by atoms with Crippen molar-refractivity contribution >= 4 is 0 Å². The van der Waals surface area contributed by atoms with Crippen molar-refractivity contribution in [3.8, 4) is 0 Å². The van der Waals surface area contributed by atoms with Crippen LogP contribution < -0.4 is 0 Å². The van der Waals surface area contributed by atoms with Crippen LogP contribution in [0.15, 0.2) is 0 Å².